The zero-order chi connectivity index (χ0) is 27.2. The van der Waals surface area contributed by atoms with Gasteiger partial charge < -0.3 is 16.0 Å². The second kappa shape index (κ2) is 11.7. The van der Waals surface area contributed by atoms with Crippen LogP contribution in [-0.4, -0.2) is 17.6 Å². The van der Waals surface area contributed by atoms with E-state index in [-0.39, 0.29) is 17.6 Å². The molecule has 0 saturated heterocycles. The number of nitriles is 1. The second-order valence-electron chi connectivity index (χ2n) is 9.05. The number of rotatable bonds is 7. The predicted octanol–water partition coefficient (Wildman–Crippen LogP) is 6.55. The molecule has 5 rings (SSSR count). The molecule has 0 spiro atoms. The number of fused-ring (bicyclic) bond motifs is 1. The highest BCUT2D eigenvalue weighted by Crippen LogP contribution is 2.41. The van der Waals surface area contributed by atoms with E-state index >= 15 is 0 Å². The summed E-state index contributed by atoms with van der Waals surface area (Å²) >= 11 is 1.25. The largest absolute Gasteiger partial charge is 0.353 e. The quantitative estimate of drug-likeness (QED) is 0.252. The molecule has 192 valence electrons. The lowest BCUT2D eigenvalue weighted by molar-refractivity contribution is -0.114. The van der Waals surface area contributed by atoms with Gasteiger partial charge in [-0.05, 0) is 36.1 Å². The van der Waals surface area contributed by atoms with Gasteiger partial charge in [-0.25, -0.2) is 0 Å². The number of hydrogen-bond acceptors (Lipinski definition) is 5. The predicted molar refractivity (Wildman–Crippen MR) is 158 cm³/mol. The van der Waals surface area contributed by atoms with Crippen LogP contribution in [0.2, 0.25) is 0 Å². The zero-order valence-corrected chi connectivity index (χ0v) is 22.1. The van der Waals surface area contributed by atoms with Crippen LogP contribution < -0.4 is 16.0 Å². The van der Waals surface area contributed by atoms with Crippen LogP contribution in [-0.2, 0) is 9.59 Å². The monoisotopic (exact) mass is 530 g/mol. The maximum Gasteiger partial charge on any atom is 0.254 e. The first kappa shape index (κ1) is 25.8. The minimum atomic E-state index is -0.579. The molecule has 3 N–H and O–H groups in total. The standard InChI is InChI=1S/C32H26N4O2S/c1-21-29(31(38)35-24-15-6-3-7-16-24)30(23-12-4-2-5-13-23)26(19-33)32(34-21)39-20-28(37)36-27-18-10-14-22-11-8-9-17-25(22)27/h2-18,30,34H,20H2,1H3,(H,35,38)(H,36,37)/t30-/m1/s1. The topological polar surface area (TPSA) is 94.0 Å². The van der Waals surface area contributed by atoms with Crippen LogP contribution in [0.15, 0.2) is 125 Å². The number of thioether (sulfide) groups is 1. The van der Waals surface area contributed by atoms with Gasteiger partial charge in [-0.1, -0.05) is 96.7 Å². The van der Waals surface area contributed by atoms with E-state index in [0.29, 0.717) is 27.6 Å². The van der Waals surface area contributed by atoms with Gasteiger partial charge in [0.05, 0.1) is 28.3 Å². The highest BCUT2D eigenvalue weighted by molar-refractivity contribution is 8.03. The Bertz CT molecular complexity index is 1630. The molecule has 4 aromatic rings. The van der Waals surface area contributed by atoms with Crippen LogP contribution in [0.1, 0.15) is 18.4 Å². The zero-order valence-electron chi connectivity index (χ0n) is 21.3. The summed E-state index contributed by atoms with van der Waals surface area (Å²) in [5, 5.41) is 22.0. The van der Waals surface area contributed by atoms with Crippen molar-refractivity contribution in [2.75, 3.05) is 16.4 Å². The number of carbonyl (C=O) groups is 2. The molecule has 39 heavy (non-hydrogen) atoms. The first-order valence-electron chi connectivity index (χ1n) is 12.5. The maximum absolute atomic E-state index is 13.5. The highest BCUT2D eigenvalue weighted by Gasteiger charge is 2.34. The van der Waals surface area contributed by atoms with E-state index in [1.54, 1.807) is 0 Å². The number of amides is 2. The second-order valence-corrected chi connectivity index (χ2v) is 10.0. The van der Waals surface area contributed by atoms with Crippen molar-refractivity contribution < 1.29 is 9.59 Å². The van der Waals surface area contributed by atoms with Crippen LogP contribution in [0.3, 0.4) is 0 Å². The van der Waals surface area contributed by atoms with E-state index in [2.05, 4.69) is 22.0 Å². The molecule has 0 aliphatic carbocycles. The van der Waals surface area contributed by atoms with Crippen molar-refractivity contribution in [2.45, 2.75) is 12.8 Å². The maximum atomic E-state index is 13.5. The molecule has 2 amide bonds. The number of hydrogen-bond donors (Lipinski definition) is 3. The summed E-state index contributed by atoms with van der Waals surface area (Å²) < 4.78 is 0. The van der Waals surface area contributed by atoms with Gasteiger partial charge in [0.25, 0.3) is 5.91 Å². The average molecular weight is 531 g/mol. The van der Waals surface area contributed by atoms with Gasteiger partial charge in [-0.15, -0.1) is 0 Å². The molecule has 6 nitrogen and oxygen atoms in total. The lowest BCUT2D eigenvalue weighted by atomic mass is 9.82. The molecule has 7 heteroatoms. The Morgan fingerprint density at radius 3 is 2.28 bits per heavy atom. The summed E-state index contributed by atoms with van der Waals surface area (Å²) in [6.45, 7) is 1.82. The molecular formula is C32H26N4O2S. The lowest BCUT2D eigenvalue weighted by Gasteiger charge is -2.30. The van der Waals surface area contributed by atoms with Crippen molar-refractivity contribution in [1.29, 1.82) is 5.26 Å². The molecular weight excluding hydrogens is 504 g/mol. The van der Waals surface area contributed by atoms with Crippen LogP contribution in [0.25, 0.3) is 10.8 Å². The summed E-state index contributed by atoms with van der Waals surface area (Å²) in [6.07, 6.45) is 0. The van der Waals surface area contributed by atoms with Crippen LogP contribution in [0.4, 0.5) is 11.4 Å². The number of benzene rings is 4. The van der Waals surface area contributed by atoms with Crippen molar-refractivity contribution in [3.8, 4) is 6.07 Å². The van der Waals surface area contributed by atoms with Crippen LogP contribution >= 0.6 is 11.8 Å². The molecule has 0 radical (unpaired) electrons. The van der Waals surface area contributed by atoms with Gasteiger partial charge in [0, 0.05) is 28.0 Å². The fourth-order valence-corrected chi connectivity index (χ4v) is 5.58. The lowest BCUT2D eigenvalue weighted by Crippen LogP contribution is -2.31. The van der Waals surface area contributed by atoms with E-state index in [9.17, 15) is 14.9 Å². The van der Waals surface area contributed by atoms with Crippen molar-refractivity contribution >= 4 is 45.7 Å². The summed E-state index contributed by atoms with van der Waals surface area (Å²) in [7, 11) is 0. The molecule has 0 aromatic heterocycles. The van der Waals surface area contributed by atoms with E-state index in [1.165, 1.54) is 11.8 Å². The third-order valence-corrected chi connectivity index (χ3v) is 7.49. The van der Waals surface area contributed by atoms with Crippen molar-refractivity contribution in [2.24, 2.45) is 0 Å². The van der Waals surface area contributed by atoms with E-state index in [1.807, 2.05) is 110 Å². The van der Waals surface area contributed by atoms with Gasteiger partial charge in [-0.3, -0.25) is 9.59 Å². The number of nitrogens with zero attached hydrogens (tertiary/aromatic N) is 1. The first-order valence-corrected chi connectivity index (χ1v) is 13.5. The van der Waals surface area contributed by atoms with E-state index in [4.69, 9.17) is 0 Å². The van der Waals surface area contributed by atoms with Gasteiger partial charge in [0.1, 0.15) is 0 Å². The van der Waals surface area contributed by atoms with Gasteiger partial charge in [0.2, 0.25) is 5.91 Å². The molecule has 4 aromatic carbocycles. The smallest absolute Gasteiger partial charge is 0.254 e. The number of anilines is 2. The molecule has 1 aliphatic heterocycles. The van der Waals surface area contributed by atoms with E-state index < -0.39 is 5.92 Å². The molecule has 1 atom stereocenters. The number of dihydropyridines is 1. The van der Waals surface area contributed by atoms with E-state index in [0.717, 1.165) is 22.0 Å². The molecule has 1 aliphatic rings. The minimum absolute atomic E-state index is 0.0943. The molecule has 1 heterocycles. The fraction of sp³-hybridized carbons (Fsp3) is 0.0938. The Kier molecular flexibility index (Phi) is 7.76. The molecule has 0 bridgehead atoms. The van der Waals surface area contributed by atoms with Gasteiger partial charge >= 0.3 is 0 Å². The normalized spacial score (nSPS) is 14.9. The Hall–Kier alpha value is -4.80. The number of allylic oxidation sites excluding steroid dienone is 2. The Balaban J connectivity index is 1.40. The summed E-state index contributed by atoms with van der Waals surface area (Å²) in [5.41, 5.74) is 3.73. The minimum Gasteiger partial charge on any atom is -0.353 e. The van der Waals surface area contributed by atoms with Crippen molar-refractivity contribution in [3.63, 3.8) is 0 Å². The third kappa shape index (κ3) is 5.71. The van der Waals surface area contributed by atoms with Crippen molar-refractivity contribution in [3.05, 3.63) is 131 Å². The Morgan fingerprint density at radius 2 is 1.54 bits per heavy atom. The van der Waals surface area contributed by atoms with Crippen molar-refractivity contribution in [1.82, 2.24) is 5.32 Å². The van der Waals surface area contributed by atoms with Gasteiger partial charge in [-0.2, -0.15) is 5.26 Å². The third-order valence-electron chi connectivity index (χ3n) is 6.47. The van der Waals surface area contributed by atoms with Crippen LogP contribution in [0, 0.1) is 11.3 Å². The molecule has 0 saturated carbocycles. The molecule has 0 unspecified atom stereocenters. The number of carbonyl (C=O) groups excluding carboxylic acids is 2. The first-order chi connectivity index (χ1) is 19.0. The molecule has 0 fully saturated rings. The number of para-hydroxylation sites is 1. The van der Waals surface area contributed by atoms with Gasteiger partial charge in [0.15, 0.2) is 0 Å². The summed E-state index contributed by atoms with van der Waals surface area (Å²) in [6, 6.07) is 34.7. The average Bonchev–Trinajstić information content (AvgIpc) is 2.96. The number of nitrogens with one attached hydrogen (secondary N) is 3. The Morgan fingerprint density at radius 1 is 0.872 bits per heavy atom. The summed E-state index contributed by atoms with van der Waals surface area (Å²) in [4.78, 5) is 26.5. The highest BCUT2D eigenvalue weighted by atomic mass is 32.2. The summed E-state index contributed by atoms with van der Waals surface area (Å²) in [5.74, 6) is -0.958. The SMILES string of the molecule is CC1=C(C(=O)Nc2ccccc2)[C@H](c2ccccc2)C(C#N)=C(SCC(=O)Nc2cccc3ccccc23)N1. The Labute approximate surface area is 231 Å². The fourth-order valence-electron chi connectivity index (χ4n) is 4.68. The van der Waals surface area contributed by atoms with Crippen LogP contribution in [0.5, 0.6) is 0 Å².